The van der Waals surface area contributed by atoms with Crippen LogP contribution in [0.15, 0.2) is 0 Å². The number of nitrogens with zero attached hydrogens (tertiary/aromatic N) is 2. The van der Waals surface area contributed by atoms with Crippen LogP contribution < -0.4 is 0 Å². The van der Waals surface area contributed by atoms with Crippen molar-refractivity contribution in [2.24, 2.45) is 11.8 Å². The number of likely N-dealkylation sites (tertiary alicyclic amines) is 2. The molecule has 3 aliphatic rings. The van der Waals surface area contributed by atoms with Crippen molar-refractivity contribution < 1.29 is 19.4 Å². The Hall–Kier alpha value is -1.30. The van der Waals surface area contributed by atoms with Gasteiger partial charge in [-0.3, -0.25) is 0 Å². The van der Waals surface area contributed by atoms with Crippen molar-refractivity contribution in [3.63, 3.8) is 0 Å². The third kappa shape index (κ3) is 2.16. The lowest BCUT2D eigenvalue weighted by Gasteiger charge is -2.29. The summed E-state index contributed by atoms with van der Waals surface area (Å²) in [5, 5.41) is 9.48. The number of amides is 2. The van der Waals surface area contributed by atoms with Gasteiger partial charge in [-0.05, 0) is 31.1 Å². The molecule has 0 spiro atoms. The fraction of sp³-hybridized carbons (Fsp3) is 0.857. The zero-order chi connectivity index (χ0) is 14.3. The molecule has 0 aromatic heterocycles. The van der Waals surface area contributed by atoms with E-state index in [-0.39, 0.29) is 18.1 Å². The molecule has 6 heteroatoms. The molecular formula is C14H22N2O4. The van der Waals surface area contributed by atoms with E-state index >= 15 is 0 Å². The van der Waals surface area contributed by atoms with E-state index in [0.717, 1.165) is 25.7 Å². The smallest absolute Gasteiger partial charge is 0.326 e. The number of ether oxygens (including phenoxy) is 1. The van der Waals surface area contributed by atoms with Gasteiger partial charge in [-0.1, -0.05) is 6.42 Å². The number of carboxylic acids is 1. The largest absolute Gasteiger partial charge is 0.480 e. The SMILES string of the molecule is COC1CCN(C(=O)N2CC3CCCC3C2C(=O)O)C1. The normalized spacial score (nSPS) is 36.5. The van der Waals surface area contributed by atoms with Crippen molar-refractivity contribution in [2.75, 3.05) is 26.7 Å². The molecular weight excluding hydrogens is 260 g/mol. The highest BCUT2D eigenvalue weighted by Crippen LogP contribution is 2.42. The highest BCUT2D eigenvalue weighted by atomic mass is 16.5. The van der Waals surface area contributed by atoms with Crippen molar-refractivity contribution in [1.29, 1.82) is 0 Å². The van der Waals surface area contributed by atoms with Crippen LogP contribution in [0.5, 0.6) is 0 Å². The monoisotopic (exact) mass is 282 g/mol. The summed E-state index contributed by atoms with van der Waals surface area (Å²) in [7, 11) is 1.65. The van der Waals surface area contributed by atoms with Gasteiger partial charge in [0.25, 0.3) is 0 Å². The van der Waals surface area contributed by atoms with Crippen LogP contribution in [-0.4, -0.2) is 65.8 Å². The van der Waals surface area contributed by atoms with E-state index in [4.69, 9.17) is 4.74 Å². The van der Waals surface area contributed by atoms with E-state index in [0.29, 0.717) is 25.6 Å². The molecule has 1 N–H and O–H groups in total. The predicted molar refractivity (Wildman–Crippen MR) is 71.3 cm³/mol. The number of aliphatic carboxylic acids is 1. The molecule has 3 rings (SSSR count). The van der Waals surface area contributed by atoms with Gasteiger partial charge in [0.15, 0.2) is 0 Å². The van der Waals surface area contributed by atoms with Crippen molar-refractivity contribution >= 4 is 12.0 Å². The van der Waals surface area contributed by atoms with Crippen LogP contribution in [0.4, 0.5) is 4.79 Å². The van der Waals surface area contributed by atoms with Crippen LogP contribution in [0.1, 0.15) is 25.7 Å². The first-order chi connectivity index (χ1) is 9.61. The van der Waals surface area contributed by atoms with Gasteiger partial charge in [0.05, 0.1) is 6.10 Å². The fourth-order valence-electron chi connectivity index (χ4n) is 4.09. The number of hydrogen-bond acceptors (Lipinski definition) is 3. The molecule has 1 aliphatic carbocycles. The lowest BCUT2D eigenvalue weighted by atomic mass is 9.94. The van der Waals surface area contributed by atoms with E-state index in [1.807, 2.05) is 0 Å². The molecule has 4 atom stereocenters. The summed E-state index contributed by atoms with van der Waals surface area (Å²) in [5.41, 5.74) is 0. The van der Waals surface area contributed by atoms with Crippen molar-refractivity contribution in [3.05, 3.63) is 0 Å². The van der Waals surface area contributed by atoms with Crippen molar-refractivity contribution in [1.82, 2.24) is 9.80 Å². The van der Waals surface area contributed by atoms with Gasteiger partial charge in [-0.25, -0.2) is 9.59 Å². The Bertz CT molecular complexity index is 414. The Morgan fingerprint density at radius 3 is 2.65 bits per heavy atom. The second-order valence-corrected chi connectivity index (χ2v) is 6.17. The summed E-state index contributed by atoms with van der Waals surface area (Å²) in [4.78, 5) is 27.5. The number of hydrogen-bond donors (Lipinski definition) is 1. The minimum Gasteiger partial charge on any atom is -0.480 e. The second-order valence-electron chi connectivity index (χ2n) is 6.17. The van der Waals surface area contributed by atoms with E-state index in [9.17, 15) is 14.7 Å². The first kappa shape index (κ1) is 13.7. The van der Waals surface area contributed by atoms with Gasteiger partial charge >= 0.3 is 12.0 Å². The Labute approximate surface area is 118 Å². The molecule has 2 heterocycles. The average molecular weight is 282 g/mol. The predicted octanol–water partition coefficient (Wildman–Crippen LogP) is 1.01. The fourth-order valence-corrected chi connectivity index (χ4v) is 4.09. The van der Waals surface area contributed by atoms with Crippen LogP contribution >= 0.6 is 0 Å². The van der Waals surface area contributed by atoms with Gasteiger partial charge in [-0.15, -0.1) is 0 Å². The first-order valence-corrected chi connectivity index (χ1v) is 7.43. The summed E-state index contributed by atoms with van der Waals surface area (Å²) in [6, 6.07) is -0.747. The van der Waals surface area contributed by atoms with Gasteiger partial charge in [0.2, 0.25) is 0 Å². The maximum absolute atomic E-state index is 12.6. The summed E-state index contributed by atoms with van der Waals surface area (Å²) in [6.45, 7) is 1.84. The molecule has 6 nitrogen and oxygen atoms in total. The maximum atomic E-state index is 12.6. The van der Waals surface area contributed by atoms with Gasteiger partial charge in [0.1, 0.15) is 6.04 Å². The molecule has 1 saturated carbocycles. The number of urea groups is 1. The van der Waals surface area contributed by atoms with Gasteiger partial charge in [0, 0.05) is 26.7 Å². The second kappa shape index (κ2) is 5.24. The highest BCUT2D eigenvalue weighted by molar-refractivity contribution is 5.84. The Balaban J connectivity index is 1.72. The molecule has 0 bridgehead atoms. The molecule has 4 unspecified atom stereocenters. The van der Waals surface area contributed by atoms with E-state index < -0.39 is 12.0 Å². The maximum Gasteiger partial charge on any atom is 0.326 e. The van der Waals surface area contributed by atoms with Crippen LogP contribution in [0.3, 0.4) is 0 Å². The number of fused-ring (bicyclic) bond motifs is 1. The van der Waals surface area contributed by atoms with Crippen LogP contribution in [0, 0.1) is 11.8 Å². The van der Waals surface area contributed by atoms with Crippen LogP contribution in [0.2, 0.25) is 0 Å². The van der Waals surface area contributed by atoms with Gasteiger partial charge < -0.3 is 19.6 Å². The molecule has 112 valence electrons. The van der Waals surface area contributed by atoms with E-state index in [1.54, 1.807) is 16.9 Å². The zero-order valence-corrected chi connectivity index (χ0v) is 11.8. The minimum atomic E-state index is -0.852. The number of carboxylic acid groups (broad SMARTS) is 1. The Kier molecular flexibility index (Phi) is 3.58. The highest BCUT2D eigenvalue weighted by Gasteiger charge is 2.50. The Morgan fingerprint density at radius 2 is 2.00 bits per heavy atom. The molecule has 0 aromatic carbocycles. The Morgan fingerprint density at radius 1 is 1.20 bits per heavy atom. The van der Waals surface area contributed by atoms with E-state index in [1.165, 1.54) is 0 Å². The molecule has 3 fully saturated rings. The van der Waals surface area contributed by atoms with Gasteiger partial charge in [-0.2, -0.15) is 0 Å². The van der Waals surface area contributed by atoms with E-state index in [2.05, 4.69) is 0 Å². The van der Waals surface area contributed by atoms with Crippen molar-refractivity contribution in [2.45, 2.75) is 37.8 Å². The van der Waals surface area contributed by atoms with Crippen LogP contribution in [-0.2, 0) is 9.53 Å². The first-order valence-electron chi connectivity index (χ1n) is 7.43. The summed E-state index contributed by atoms with van der Waals surface area (Å²) >= 11 is 0. The number of carbonyl (C=O) groups excluding carboxylic acids is 1. The topological polar surface area (TPSA) is 70.1 Å². The quantitative estimate of drug-likeness (QED) is 0.820. The lowest BCUT2D eigenvalue weighted by Crippen LogP contribution is -2.49. The molecule has 0 radical (unpaired) electrons. The summed E-state index contributed by atoms with van der Waals surface area (Å²) < 4.78 is 5.27. The standard InChI is InChI=1S/C14H22N2O4/c1-20-10-5-6-15(8-10)14(19)16-7-9-3-2-4-11(9)12(16)13(17)18/h9-12H,2-8H2,1H3,(H,17,18). The van der Waals surface area contributed by atoms with Crippen LogP contribution in [0.25, 0.3) is 0 Å². The molecule has 2 amide bonds. The third-order valence-corrected chi connectivity index (χ3v) is 5.14. The molecule has 20 heavy (non-hydrogen) atoms. The summed E-state index contributed by atoms with van der Waals surface area (Å²) in [5.74, 6) is -0.326. The average Bonchev–Trinajstić information content (AvgIpc) is 3.11. The lowest BCUT2D eigenvalue weighted by molar-refractivity contribution is -0.142. The summed E-state index contributed by atoms with van der Waals surface area (Å²) in [6.07, 6.45) is 4.01. The number of rotatable bonds is 2. The molecule has 0 aromatic rings. The molecule has 2 saturated heterocycles. The minimum absolute atomic E-state index is 0.0873. The third-order valence-electron chi connectivity index (χ3n) is 5.14. The zero-order valence-electron chi connectivity index (χ0n) is 11.8. The van der Waals surface area contributed by atoms with Crippen molar-refractivity contribution in [3.8, 4) is 0 Å². The molecule has 2 aliphatic heterocycles. The number of methoxy groups -OCH3 is 1. The number of carbonyl (C=O) groups is 2.